The van der Waals surface area contributed by atoms with Crippen LogP contribution in [-0.4, -0.2) is 31.5 Å². The minimum absolute atomic E-state index is 0.00120. The van der Waals surface area contributed by atoms with E-state index in [1.807, 2.05) is 68.4 Å². The number of para-hydroxylation sites is 1. The molecule has 1 unspecified atom stereocenters. The van der Waals surface area contributed by atoms with Crippen LogP contribution in [0.5, 0.6) is 5.75 Å². The summed E-state index contributed by atoms with van der Waals surface area (Å²) in [5, 5.41) is 5.57. The molecule has 0 fully saturated rings. The Hall–Kier alpha value is -2.86. The molecule has 2 aromatic rings. The predicted octanol–water partition coefficient (Wildman–Crippen LogP) is 2.00. The van der Waals surface area contributed by atoms with E-state index >= 15 is 0 Å². The van der Waals surface area contributed by atoms with Gasteiger partial charge in [-0.25, -0.2) is 0 Å². The quantitative estimate of drug-likeness (QED) is 0.663. The van der Waals surface area contributed by atoms with Crippen molar-refractivity contribution in [3.05, 3.63) is 65.7 Å². The van der Waals surface area contributed by atoms with Crippen LogP contribution in [0, 0.1) is 5.92 Å². The van der Waals surface area contributed by atoms with E-state index in [1.54, 1.807) is 7.11 Å². The average molecular weight is 369 g/mol. The number of methoxy groups -OCH3 is 1. The Balaban J connectivity index is 2.16. The van der Waals surface area contributed by atoms with Crippen LogP contribution >= 0.6 is 0 Å². The Kier molecular flexibility index (Phi) is 7.37. The standard InChI is InChI=1S/C21H27N3O3/c1-14(2)19(22)21(26)23-13-18(25)24-20(15-9-5-4-6-10-15)16-11-7-8-12-17(16)27-3/h4-12,14,19-20H,13,22H2,1-3H3,(H,23,26)(H,24,25)/t19-,20?/m0/s1. The number of benzene rings is 2. The summed E-state index contributed by atoms with van der Waals surface area (Å²) >= 11 is 0. The van der Waals surface area contributed by atoms with Gasteiger partial charge in [-0.1, -0.05) is 62.4 Å². The molecule has 0 aromatic heterocycles. The van der Waals surface area contributed by atoms with Crippen molar-refractivity contribution in [3.8, 4) is 5.75 Å². The Labute approximate surface area is 160 Å². The maximum atomic E-state index is 12.5. The second kappa shape index (κ2) is 9.73. The first-order valence-corrected chi connectivity index (χ1v) is 8.94. The fraction of sp³-hybridized carbons (Fsp3) is 0.333. The first-order chi connectivity index (χ1) is 12.9. The minimum Gasteiger partial charge on any atom is -0.496 e. The van der Waals surface area contributed by atoms with E-state index in [4.69, 9.17) is 10.5 Å². The molecule has 0 aliphatic heterocycles. The minimum atomic E-state index is -0.642. The van der Waals surface area contributed by atoms with Gasteiger partial charge in [-0.2, -0.15) is 0 Å². The molecular weight excluding hydrogens is 342 g/mol. The van der Waals surface area contributed by atoms with Crippen molar-refractivity contribution in [1.29, 1.82) is 0 Å². The SMILES string of the molecule is COc1ccccc1C(NC(=O)CNC(=O)[C@@H](N)C(C)C)c1ccccc1. The van der Waals surface area contributed by atoms with E-state index in [0.29, 0.717) is 5.75 Å². The Morgan fingerprint density at radius 2 is 1.67 bits per heavy atom. The van der Waals surface area contributed by atoms with E-state index < -0.39 is 12.1 Å². The summed E-state index contributed by atoms with van der Waals surface area (Å²) < 4.78 is 5.45. The van der Waals surface area contributed by atoms with Crippen molar-refractivity contribution in [1.82, 2.24) is 10.6 Å². The number of carbonyl (C=O) groups is 2. The van der Waals surface area contributed by atoms with Crippen molar-refractivity contribution < 1.29 is 14.3 Å². The summed E-state index contributed by atoms with van der Waals surface area (Å²) in [5.41, 5.74) is 7.56. The third-order valence-electron chi connectivity index (χ3n) is 4.33. The maximum absolute atomic E-state index is 12.5. The first-order valence-electron chi connectivity index (χ1n) is 8.94. The number of ether oxygens (including phenoxy) is 1. The van der Waals surface area contributed by atoms with Gasteiger partial charge in [0.05, 0.1) is 25.7 Å². The zero-order chi connectivity index (χ0) is 19.8. The topological polar surface area (TPSA) is 93.5 Å². The Bertz CT molecular complexity index is 762. The lowest BCUT2D eigenvalue weighted by Crippen LogP contribution is -2.47. The number of rotatable bonds is 8. The normalized spacial score (nSPS) is 12.9. The van der Waals surface area contributed by atoms with Gasteiger partial charge < -0.3 is 21.1 Å². The predicted molar refractivity (Wildman–Crippen MR) is 105 cm³/mol. The summed E-state index contributed by atoms with van der Waals surface area (Å²) in [6, 6.07) is 16.1. The average Bonchev–Trinajstić information content (AvgIpc) is 2.70. The van der Waals surface area contributed by atoms with Crippen molar-refractivity contribution in [2.45, 2.75) is 25.9 Å². The van der Waals surface area contributed by atoms with E-state index in [1.165, 1.54) is 0 Å². The van der Waals surface area contributed by atoms with Gasteiger partial charge in [0.2, 0.25) is 11.8 Å². The molecule has 6 heteroatoms. The largest absolute Gasteiger partial charge is 0.496 e. The second-order valence-electron chi connectivity index (χ2n) is 6.64. The lowest BCUT2D eigenvalue weighted by Gasteiger charge is -2.22. The van der Waals surface area contributed by atoms with Gasteiger partial charge in [-0.05, 0) is 17.5 Å². The molecule has 4 N–H and O–H groups in total. The summed E-state index contributed by atoms with van der Waals surface area (Å²) in [4.78, 5) is 24.5. The molecule has 2 rings (SSSR count). The summed E-state index contributed by atoms with van der Waals surface area (Å²) in [6.45, 7) is 3.58. The molecule has 0 heterocycles. The molecule has 2 amide bonds. The third-order valence-corrected chi connectivity index (χ3v) is 4.33. The van der Waals surface area contributed by atoms with Crippen LogP contribution in [0.3, 0.4) is 0 Å². The van der Waals surface area contributed by atoms with E-state index in [2.05, 4.69) is 10.6 Å². The first kappa shape index (κ1) is 20.5. The Morgan fingerprint density at radius 1 is 1.04 bits per heavy atom. The fourth-order valence-corrected chi connectivity index (χ4v) is 2.69. The molecule has 0 bridgehead atoms. The lowest BCUT2D eigenvalue weighted by atomic mass is 9.97. The molecule has 0 saturated carbocycles. The summed E-state index contributed by atoms with van der Waals surface area (Å²) in [5.74, 6) is 0.0315. The molecule has 0 aliphatic carbocycles. The molecule has 2 atom stereocenters. The fourth-order valence-electron chi connectivity index (χ4n) is 2.69. The van der Waals surface area contributed by atoms with Gasteiger partial charge in [0.25, 0.3) is 0 Å². The van der Waals surface area contributed by atoms with Crippen LogP contribution in [0.1, 0.15) is 31.0 Å². The highest BCUT2D eigenvalue weighted by molar-refractivity contribution is 5.87. The number of amides is 2. The second-order valence-corrected chi connectivity index (χ2v) is 6.64. The van der Waals surface area contributed by atoms with Crippen molar-refractivity contribution in [2.75, 3.05) is 13.7 Å². The van der Waals surface area contributed by atoms with E-state index in [0.717, 1.165) is 11.1 Å². The smallest absolute Gasteiger partial charge is 0.240 e. The van der Waals surface area contributed by atoms with Gasteiger partial charge >= 0.3 is 0 Å². The van der Waals surface area contributed by atoms with Crippen LogP contribution in [0.2, 0.25) is 0 Å². The van der Waals surface area contributed by atoms with E-state index in [-0.39, 0.29) is 24.3 Å². The van der Waals surface area contributed by atoms with Crippen molar-refractivity contribution in [3.63, 3.8) is 0 Å². The maximum Gasteiger partial charge on any atom is 0.240 e. The zero-order valence-corrected chi connectivity index (χ0v) is 15.9. The molecule has 0 saturated heterocycles. The third kappa shape index (κ3) is 5.56. The van der Waals surface area contributed by atoms with Gasteiger partial charge in [0.1, 0.15) is 5.75 Å². The lowest BCUT2D eigenvalue weighted by molar-refractivity contribution is -0.127. The summed E-state index contributed by atoms with van der Waals surface area (Å²) in [6.07, 6.45) is 0. The van der Waals surface area contributed by atoms with Crippen molar-refractivity contribution in [2.24, 2.45) is 11.7 Å². The number of nitrogens with two attached hydrogens (primary N) is 1. The van der Waals surface area contributed by atoms with E-state index in [9.17, 15) is 9.59 Å². The highest BCUT2D eigenvalue weighted by atomic mass is 16.5. The van der Waals surface area contributed by atoms with Gasteiger partial charge in [0, 0.05) is 5.56 Å². The molecule has 27 heavy (non-hydrogen) atoms. The monoisotopic (exact) mass is 369 g/mol. The number of carbonyl (C=O) groups excluding carboxylic acids is 2. The Morgan fingerprint density at radius 3 is 2.30 bits per heavy atom. The highest BCUT2D eigenvalue weighted by Gasteiger charge is 2.22. The zero-order valence-electron chi connectivity index (χ0n) is 15.9. The van der Waals surface area contributed by atoms with Gasteiger partial charge in [-0.15, -0.1) is 0 Å². The van der Waals surface area contributed by atoms with Crippen LogP contribution < -0.4 is 21.1 Å². The molecule has 144 valence electrons. The molecular formula is C21H27N3O3. The van der Waals surface area contributed by atoms with Crippen molar-refractivity contribution >= 4 is 11.8 Å². The molecule has 0 spiro atoms. The van der Waals surface area contributed by atoms with Crippen LogP contribution in [0.15, 0.2) is 54.6 Å². The molecule has 0 aliphatic rings. The van der Waals surface area contributed by atoms with Gasteiger partial charge in [0.15, 0.2) is 0 Å². The van der Waals surface area contributed by atoms with Crippen LogP contribution in [0.4, 0.5) is 0 Å². The van der Waals surface area contributed by atoms with Gasteiger partial charge in [-0.3, -0.25) is 9.59 Å². The summed E-state index contributed by atoms with van der Waals surface area (Å²) in [7, 11) is 1.59. The molecule has 0 radical (unpaired) electrons. The van der Waals surface area contributed by atoms with Crippen LogP contribution in [0.25, 0.3) is 0 Å². The molecule has 2 aromatic carbocycles. The number of hydrogen-bond donors (Lipinski definition) is 3. The number of hydrogen-bond acceptors (Lipinski definition) is 4. The number of nitrogens with one attached hydrogen (secondary N) is 2. The molecule has 6 nitrogen and oxygen atoms in total. The van der Waals surface area contributed by atoms with Crippen LogP contribution in [-0.2, 0) is 9.59 Å². The highest BCUT2D eigenvalue weighted by Crippen LogP contribution is 2.29.